The van der Waals surface area contributed by atoms with Crippen molar-refractivity contribution < 1.29 is 23.9 Å². The van der Waals surface area contributed by atoms with Gasteiger partial charge in [-0.25, -0.2) is 0 Å². The Hall–Kier alpha value is -4.01. The van der Waals surface area contributed by atoms with Gasteiger partial charge in [-0.2, -0.15) is 0 Å². The number of aromatic amines is 1. The molecule has 0 spiro atoms. The van der Waals surface area contributed by atoms with Crippen LogP contribution in [0.25, 0.3) is 10.9 Å². The van der Waals surface area contributed by atoms with E-state index in [0.29, 0.717) is 57.0 Å². The number of rotatable bonds is 2. The van der Waals surface area contributed by atoms with Crippen molar-refractivity contribution in [1.82, 2.24) is 20.5 Å². The van der Waals surface area contributed by atoms with Gasteiger partial charge in [-0.05, 0) is 42.2 Å². The molecule has 1 fully saturated rings. The third-order valence-electron chi connectivity index (χ3n) is 7.01. The van der Waals surface area contributed by atoms with E-state index in [1.54, 1.807) is 12.0 Å². The Morgan fingerprint density at radius 3 is 2.78 bits per heavy atom. The first-order valence-corrected chi connectivity index (χ1v) is 12.7. The highest BCUT2D eigenvalue weighted by Gasteiger charge is 2.32. The summed E-state index contributed by atoms with van der Waals surface area (Å²) in [6, 6.07) is 14.1. The van der Waals surface area contributed by atoms with E-state index in [0.717, 1.165) is 27.7 Å². The largest absolute Gasteiger partial charge is 0.493 e. The van der Waals surface area contributed by atoms with E-state index >= 15 is 0 Å². The van der Waals surface area contributed by atoms with Gasteiger partial charge < -0.3 is 30.0 Å². The highest BCUT2D eigenvalue weighted by molar-refractivity contribution is 5.91. The van der Waals surface area contributed by atoms with E-state index < -0.39 is 5.92 Å². The predicted molar refractivity (Wildman–Crippen MR) is 139 cm³/mol. The molecule has 3 amide bonds. The van der Waals surface area contributed by atoms with Gasteiger partial charge in [0.1, 0.15) is 0 Å². The smallest absolute Gasteiger partial charge is 0.239 e. The quantitative estimate of drug-likeness (QED) is 0.495. The second-order valence-corrected chi connectivity index (χ2v) is 9.56. The van der Waals surface area contributed by atoms with Gasteiger partial charge in [0.15, 0.2) is 11.5 Å². The third-order valence-corrected chi connectivity index (χ3v) is 7.01. The molecule has 3 N–H and O–H groups in total. The number of carbonyl (C=O) groups is 3. The maximum Gasteiger partial charge on any atom is 0.239 e. The minimum absolute atomic E-state index is 0.0525. The molecule has 3 heterocycles. The lowest BCUT2D eigenvalue weighted by Gasteiger charge is -2.25. The van der Waals surface area contributed by atoms with Crippen LogP contribution in [0.1, 0.15) is 29.7 Å². The number of aromatic nitrogens is 1. The van der Waals surface area contributed by atoms with Crippen LogP contribution >= 0.6 is 0 Å². The van der Waals surface area contributed by atoms with Gasteiger partial charge in [0, 0.05) is 49.1 Å². The molecule has 37 heavy (non-hydrogen) atoms. The van der Waals surface area contributed by atoms with Crippen LogP contribution in [0, 0.1) is 5.92 Å². The number of nitrogens with zero attached hydrogens (tertiary/aromatic N) is 1. The number of carbonyl (C=O) groups excluding carboxylic acids is 3. The number of H-pyrrole nitrogens is 1. The van der Waals surface area contributed by atoms with E-state index in [4.69, 9.17) is 9.47 Å². The lowest BCUT2D eigenvalue weighted by atomic mass is 10.0. The molecule has 194 valence electrons. The zero-order valence-electron chi connectivity index (χ0n) is 21.0. The molecule has 3 aromatic rings. The van der Waals surface area contributed by atoms with Crippen molar-refractivity contribution in [1.29, 1.82) is 0 Å². The fourth-order valence-electron chi connectivity index (χ4n) is 5.14. The molecule has 1 atom stereocenters. The van der Waals surface area contributed by atoms with Crippen LogP contribution in [0.2, 0.25) is 0 Å². The number of nitrogens with one attached hydrogen (secondary N) is 3. The van der Waals surface area contributed by atoms with E-state index in [9.17, 15) is 14.4 Å². The zero-order valence-corrected chi connectivity index (χ0v) is 21.0. The van der Waals surface area contributed by atoms with Crippen LogP contribution in [0.15, 0.2) is 42.5 Å². The Balaban J connectivity index is 1.43. The Morgan fingerprint density at radius 2 is 1.97 bits per heavy atom. The van der Waals surface area contributed by atoms with Crippen molar-refractivity contribution >= 4 is 28.6 Å². The van der Waals surface area contributed by atoms with Gasteiger partial charge in [-0.3, -0.25) is 14.4 Å². The van der Waals surface area contributed by atoms with Gasteiger partial charge in [-0.15, -0.1) is 0 Å². The predicted octanol–water partition coefficient (Wildman–Crippen LogP) is 2.17. The molecule has 2 aliphatic heterocycles. The summed E-state index contributed by atoms with van der Waals surface area (Å²) in [5.41, 5.74) is 4.38. The van der Waals surface area contributed by atoms with Crippen LogP contribution in [0.4, 0.5) is 0 Å². The van der Waals surface area contributed by atoms with Crippen LogP contribution in [0.5, 0.6) is 11.5 Å². The van der Waals surface area contributed by atoms with Crippen molar-refractivity contribution in [2.24, 2.45) is 5.92 Å². The lowest BCUT2D eigenvalue weighted by molar-refractivity contribution is -0.139. The molecular formula is C28H32N4O5. The molecule has 0 radical (unpaired) electrons. The van der Waals surface area contributed by atoms with Gasteiger partial charge in [-0.1, -0.05) is 24.3 Å². The molecule has 2 bridgehead atoms. The number of ether oxygens (including phenoxy) is 2. The van der Waals surface area contributed by atoms with Gasteiger partial charge in [0.25, 0.3) is 0 Å². The molecule has 0 aliphatic carbocycles. The average molecular weight is 505 g/mol. The number of benzene rings is 2. The first-order chi connectivity index (χ1) is 18.0. The first kappa shape index (κ1) is 24.7. The van der Waals surface area contributed by atoms with Crippen LogP contribution < -0.4 is 20.1 Å². The maximum atomic E-state index is 13.1. The topological polar surface area (TPSA) is 113 Å². The van der Waals surface area contributed by atoms with Crippen LogP contribution in [-0.4, -0.2) is 67.5 Å². The molecule has 1 unspecified atom stereocenters. The standard InChI is InChI=1S/C28H32N4O5/c1-36-24-8-7-18-13-23-21(20-5-2-3-6-22(20)31-23)9-10-29-27(34)17-32(11-4-12-37-25(24)14-18)28(35)19-15-26(33)30-16-19/h2-3,5-8,14,19,31H,4,9-13,15-17H2,1H3,(H,29,34)(H,30,33). The number of hydrogen-bond donors (Lipinski definition) is 3. The minimum Gasteiger partial charge on any atom is -0.493 e. The molecule has 2 aliphatic rings. The maximum absolute atomic E-state index is 13.1. The summed E-state index contributed by atoms with van der Waals surface area (Å²) in [7, 11) is 1.61. The second-order valence-electron chi connectivity index (χ2n) is 9.56. The van der Waals surface area contributed by atoms with E-state index in [1.165, 1.54) is 0 Å². The molecule has 1 aromatic heterocycles. The summed E-state index contributed by atoms with van der Waals surface area (Å²) in [6.45, 7) is 1.41. The van der Waals surface area contributed by atoms with E-state index in [2.05, 4.69) is 27.8 Å². The summed E-state index contributed by atoms with van der Waals surface area (Å²) < 4.78 is 11.6. The van der Waals surface area contributed by atoms with Gasteiger partial charge >= 0.3 is 0 Å². The number of hydrogen-bond acceptors (Lipinski definition) is 5. The monoisotopic (exact) mass is 504 g/mol. The first-order valence-electron chi connectivity index (χ1n) is 12.7. The SMILES string of the molecule is COc1ccc2cc1OCCCN(C(=O)C1CNC(=O)C1)CC(=O)NCCc1c([nH]c3ccccc13)C2. The second kappa shape index (κ2) is 10.9. The van der Waals surface area contributed by atoms with E-state index in [1.807, 2.05) is 30.3 Å². The Labute approximate surface area is 215 Å². The zero-order chi connectivity index (χ0) is 25.8. The number of amides is 3. The third kappa shape index (κ3) is 5.55. The van der Waals surface area contributed by atoms with Crippen molar-refractivity contribution in [3.8, 4) is 11.5 Å². The number of para-hydroxylation sites is 1. The molecule has 9 nitrogen and oxygen atoms in total. The van der Waals surface area contributed by atoms with Crippen molar-refractivity contribution in [3.63, 3.8) is 0 Å². The molecule has 1 saturated heterocycles. The molecule has 9 heteroatoms. The minimum atomic E-state index is -0.447. The highest BCUT2D eigenvalue weighted by atomic mass is 16.5. The van der Waals surface area contributed by atoms with Crippen molar-refractivity contribution in [2.75, 3.05) is 39.9 Å². The lowest BCUT2D eigenvalue weighted by Crippen LogP contribution is -2.44. The Bertz CT molecular complexity index is 1320. The summed E-state index contributed by atoms with van der Waals surface area (Å²) in [5, 5.41) is 6.83. The highest BCUT2D eigenvalue weighted by Crippen LogP contribution is 2.31. The molecule has 2 aromatic carbocycles. The fourth-order valence-corrected chi connectivity index (χ4v) is 5.14. The van der Waals surface area contributed by atoms with Crippen LogP contribution in [0.3, 0.4) is 0 Å². The summed E-state index contributed by atoms with van der Waals surface area (Å²) in [5.74, 6) is 0.301. The van der Waals surface area contributed by atoms with Gasteiger partial charge in [0.2, 0.25) is 17.7 Å². The Morgan fingerprint density at radius 1 is 1.11 bits per heavy atom. The molecule has 5 rings (SSSR count). The average Bonchev–Trinajstić information content (AvgIpc) is 3.48. The summed E-state index contributed by atoms with van der Waals surface area (Å²) >= 11 is 0. The van der Waals surface area contributed by atoms with Crippen LogP contribution in [-0.2, 0) is 27.2 Å². The molecular weight excluding hydrogens is 472 g/mol. The number of methoxy groups -OCH3 is 1. The fraction of sp³-hybridized carbons (Fsp3) is 0.393. The van der Waals surface area contributed by atoms with Crippen molar-refractivity contribution in [3.05, 3.63) is 59.3 Å². The van der Waals surface area contributed by atoms with Gasteiger partial charge in [0.05, 0.1) is 26.2 Å². The number of fused-ring (bicyclic) bond motifs is 5. The Kier molecular flexibility index (Phi) is 7.30. The normalized spacial score (nSPS) is 19.1. The summed E-state index contributed by atoms with van der Waals surface area (Å²) in [6.07, 6.45) is 2.03. The van der Waals surface area contributed by atoms with Crippen molar-refractivity contribution in [2.45, 2.75) is 25.7 Å². The van der Waals surface area contributed by atoms with E-state index in [-0.39, 0.29) is 30.7 Å². The molecule has 0 saturated carbocycles. The summed E-state index contributed by atoms with van der Waals surface area (Å²) in [4.78, 5) is 42.8.